The Morgan fingerprint density at radius 2 is 1.40 bits per heavy atom. The van der Waals surface area contributed by atoms with Crippen LogP contribution in [0.25, 0.3) is 0 Å². The van der Waals surface area contributed by atoms with Gasteiger partial charge in [0, 0.05) is 5.69 Å². The molecular weight excluding hydrogens is 254 g/mol. The predicted molar refractivity (Wildman–Crippen MR) is 77.5 cm³/mol. The van der Waals surface area contributed by atoms with Gasteiger partial charge in [-0.1, -0.05) is 0 Å². The molecule has 0 atom stereocenters. The lowest BCUT2D eigenvalue weighted by Crippen LogP contribution is -2.34. The largest absolute Gasteiger partial charge is 0.325 e. The lowest BCUT2D eigenvalue weighted by Gasteiger charge is -2.19. The molecule has 0 spiro atoms. The van der Waals surface area contributed by atoms with Gasteiger partial charge in [0.1, 0.15) is 6.42 Å². The van der Waals surface area contributed by atoms with E-state index < -0.39 is 11.9 Å². The van der Waals surface area contributed by atoms with Crippen LogP contribution in [0.4, 0.5) is 10.5 Å². The normalized spacial score (nSPS) is 9.80. The summed E-state index contributed by atoms with van der Waals surface area (Å²) < 4.78 is 0. The highest BCUT2D eigenvalue weighted by molar-refractivity contribution is 6.02. The number of nitrogens with zero attached hydrogens (tertiary/aromatic N) is 1. The molecule has 3 amide bonds. The maximum atomic E-state index is 11.8. The molecule has 0 unspecified atom stereocenters. The van der Waals surface area contributed by atoms with Crippen LogP contribution in [0.1, 0.15) is 34.2 Å². The smallest absolute Gasteiger partial charge is 0.307 e. The van der Waals surface area contributed by atoms with E-state index in [0.717, 1.165) is 22.3 Å². The predicted octanol–water partition coefficient (Wildman–Crippen LogP) is 2.79. The molecule has 0 saturated carbocycles. The number of nitrogens with one attached hydrogen (secondary N) is 2. The van der Waals surface area contributed by atoms with Crippen molar-refractivity contribution < 1.29 is 9.59 Å². The fraction of sp³-hybridized carbons (Fsp3) is 0.400. The molecule has 0 aliphatic carbocycles. The summed E-state index contributed by atoms with van der Waals surface area (Å²) in [6.07, 6.45) is -0.336. The number of carbonyl (C=O) groups is 2. The number of nitriles is 1. The molecule has 5 heteroatoms. The van der Waals surface area contributed by atoms with Gasteiger partial charge >= 0.3 is 6.03 Å². The Morgan fingerprint density at radius 3 is 1.85 bits per heavy atom. The van der Waals surface area contributed by atoms with Crippen molar-refractivity contribution in [3.05, 3.63) is 27.8 Å². The zero-order chi connectivity index (χ0) is 15.4. The minimum absolute atomic E-state index is 0.336. The number of benzene rings is 1. The summed E-state index contributed by atoms with van der Waals surface area (Å²) in [6, 6.07) is 1.08. The van der Waals surface area contributed by atoms with Gasteiger partial charge in [-0.05, 0) is 62.4 Å². The van der Waals surface area contributed by atoms with E-state index in [2.05, 4.69) is 10.6 Å². The summed E-state index contributed by atoms with van der Waals surface area (Å²) in [5, 5.41) is 13.2. The molecule has 0 aliphatic heterocycles. The topological polar surface area (TPSA) is 82.0 Å². The Hall–Kier alpha value is -2.35. The maximum Gasteiger partial charge on any atom is 0.325 e. The van der Waals surface area contributed by atoms with E-state index in [-0.39, 0.29) is 6.42 Å². The summed E-state index contributed by atoms with van der Waals surface area (Å²) in [5.74, 6) is -0.610. The first-order chi connectivity index (χ1) is 9.29. The number of rotatable bonds is 2. The van der Waals surface area contributed by atoms with Crippen molar-refractivity contribution in [2.24, 2.45) is 0 Å². The number of hydrogen-bond donors (Lipinski definition) is 2. The van der Waals surface area contributed by atoms with Crippen molar-refractivity contribution in [1.82, 2.24) is 5.32 Å². The summed E-state index contributed by atoms with van der Waals surface area (Å²) in [6.45, 7) is 9.91. The second-order valence-corrected chi connectivity index (χ2v) is 4.84. The van der Waals surface area contributed by atoms with E-state index in [4.69, 9.17) is 5.26 Å². The molecule has 0 bridgehead atoms. The minimum Gasteiger partial charge on any atom is -0.307 e. The Balaban J connectivity index is 3.02. The van der Waals surface area contributed by atoms with E-state index in [1.165, 1.54) is 5.56 Å². The standard InChI is InChI=1S/C15H19N3O2/c1-8-9(2)11(4)14(12(5)10(8)3)18-15(20)17-13(19)6-7-16/h6H2,1-5H3,(H2,17,18,19,20). The average Bonchev–Trinajstić information content (AvgIpc) is 2.39. The maximum absolute atomic E-state index is 11.8. The number of anilines is 1. The van der Waals surface area contributed by atoms with Gasteiger partial charge in [-0.25, -0.2) is 4.79 Å². The molecule has 5 nitrogen and oxygen atoms in total. The summed E-state index contributed by atoms with van der Waals surface area (Å²) in [4.78, 5) is 23.0. The van der Waals surface area contributed by atoms with Crippen LogP contribution >= 0.6 is 0 Å². The minimum atomic E-state index is -0.612. The van der Waals surface area contributed by atoms with E-state index >= 15 is 0 Å². The number of hydrogen-bond acceptors (Lipinski definition) is 3. The van der Waals surface area contributed by atoms with Crippen LogP contribution in [0.5, 0.6) is 0 Å². The second-order valence-electron chi connectivity index (χ2n) is 4.84. The highest BCUT2D eigenvalue weighted by Gasteiger charge is 2.15. The third kappa shape index (κ3) is 3.15. The Kier molecular flexibility index (Phi) is 4.87. The Bertz CT molecular complexity index is 584. The average molecular weight is 273 g/mol. The van der Waals surface area contributed by atoms with E-state index in [0.29, 0.717) is 5.69 Å². The highest BCUT2D eigenvalue weighted by atomic mass is 16.2. The fourth-order valence-electron chi connectivity index (χ4n) is 2.07. The molecule has 0 heterocycles. The molecule has 106 valence electrons. The number of imide groups is 1. The van der Waals surface area contributed by atoms with Crippen LogP contribution in [0.2, 0.25) is 0 Å². The highest BCUT2D eigenvalue weighted by Crippen LogP contribution is 2.29. The third-order valence-electron chi connectivity index (χ3n) is 3.73. The number of amides is 3. The Morgan fingerprint density at radius 1 is 0.950 bits per heavy atom. The van der Waals surface area contributed by atoms with Crippen LogP contribution in [-0.4, -0.2) is 11.9 Å². The van der Waals surface area contributed by atoms with Gasteiger partial charge < -0.3 is 5.32 Å². The van der Waals surface area contributed by atoms with Gasteiger partial charge in [0.25, 0.3) is 0 Å². The van der Waals surface area contributed by atoms with Crippen molar-refractivity contribution in [2.45, 2.75) is 41.0 Å². The number of urea groups is 1. The fourth-order valence-corrected chi connectivity index (χ4v) is 2.07. The van der Waals surface area contributed by atoms with Crippen molar-refractivity contribution in [1.29, 1.82) is 5.26 Å². The quantitative estimate of drug-likeness (QED) is 0.869. The van der Waals surface area contributed by atoms with Crippen molar-refractivity contribution in [3.8, 4) is 6.07 Å². The van der Waals surface area contributed by atoms with Crippen LogP contribution in [0, 0.1) is 45.9 Å². The van der Waals surface area contributed by atoms with E-state index in [1.54, 1.807) is 6.07 Å². The summed E-state index contributed by atoms with van der Waals surface area (Å²) in [7, 11) is 0. The summed E-state index contributed by atoms with van der Waals surface area (Å²) >= 11 is 0. The van der Waals surface area contributed by atoms with Crippen LogP contribution in [0.3, 0.4) is 0 Å². The lowest BCUT2D eigenvalue weighted by molar-refractivity contribution is -0.118. The lowest BCUT2D eigenvalue weighted by atomic mass is 9.93. The van der Waals surface area contributed by atoms with E-state index in [1.807, 2.05) is 34.6 Å². The Labute approximate surface area is 119 Å². The molecule has 2 N–H and O–H groups in total. The van der Waals surface area contributed by atoms with E-state index in [9.17, 15) is 9.59 Å². The van der Waals surface area contributed by atoms with Gasteiger partial charge in [-0.2, -0.15) is 5.26 Å². The molecule has 0 aromatic heterocycles. The van der Waals surface area contributed by atoms with Crippen LogP contribution in [-0.2, 0) is 4.79 Å². The molecule has 20 heavy (non-hydrogen) atoms. The van der Waals surface area contributed by atoms with Gasteiger partial charge in [-0.15, -0.1) is 0 Å². The molecule has 1 aromatic carbocycles. The third-order valence-corrected chi connectivity index (χ3v) is 3.73. The van der Waals surface area contributed by atoms with Gasteiger partial charge in [0.05, 0.1) is 6.07 Å². The van der Waals surface area contributed by atoms with Crippen molar-refractivity contribution in [3.63, 3.8) is 0 Å². The monoisotopic (exact) mass is 273 g/mol. The SMILES string of the molecule is Cc1c(C)c(C)c(NC(=O)NC(=O)CC#N)c(C)c1C. The zero-order valence-corrected chi connectivity index (χ0v) is 12.5. The molecule has 1 rings (SSSR count). The molecule has 0 saturated heterocycles. The molecule has 0 radical (unpaired) electrons. The van der Waals surface area contributed by atoms with Crippen molar-refractivity contribution in [2.75, 3.05) is 5.32 Å². The molecular formula is C15H19N3O2. The first kappa shape index (κ1) is 15.7. The van der Waals surface area contributed by atoms with Crippen molar-refractivity contribution >= 4 is 17.6 Å². The van der Waals surface area contributed by atoms with Crippen LogP contribution < -0.4 is 10.6 Å². The van der Waals surface area contributed by atoms with Crippen LogP contribution in [0.15, 0.2) is 0 Å². The first-order valence-electron chi connectivity index (χ1n) is 6.34. The molecule has 1 aromatic rings. The van der Waals surface area contributed by atoms with Gasteiger partial charge in [0.15, 0.2) is 0 Å². The zero-order valence-electron chi connectivity index (χ0n) is 12.5. The molecule has 0 fully saturated rings. The molecule has 0 aliphatic rings. The second kappa shape index (κ2) is 6.20. The first-order valence-corrected chi connectivity index (χ1v) is 6.34. The van der Waals surface area contributed by atoms with Gasteiger partial charge in [-0.3, -0.25) is 10.1 Å². The number of carbonyl (C=O) groups excluding carboxylic acids is 2. The van der Waals surface area contributed by atoms with Gasteiger partial charge in [0.2, 0.25) is 5.91 Å². The summed E-state index contributed by atoms with van der Waals surface area (Å²) in [5.41, 5.74) is 6.11.